The molecule has 0 aromatic carbocycles. The van der Waals surface area contributed by atoms with Crippen molar-refractivity contribution in [3.8, 4) is 0 Å². The van der Waals surface area contributed by atoms with Crippen LogP contribution in [0.1, 0.15) is 22.3 Å². The summed E-state index contributed by atoms with van der Waals surface area (Å²) in [4.78, 5) is 32.2. The number of nitrogens with zero attached hydrogens (tertiary/aromatic N) is 2. The van der Waals surface area contributed by atoms with Crippen molar-refractivity contribution in [2.24, 2.45) is 0 Å². The Morgan fingerprint density at radius 2 is 2.19 bits per heavy atom. The van der Waals surface area contributed by atoms with Crippen molar-refractivity contribution < 1.29 is 9.53 Å². The second kappa shape index (κ2) is 5.88. The highest BCUT2D eigenvalue weighted by atomic mass is 16.5. The van der Waals surface area contributed by atoms with Crippen molar-refractivity contribution in [2.75, 3.05) is 19.7 Å². The summed E-state index contributed by atoms with van der Waals surface area (Å²) >= 11 is 0. The number of hydrogen-bond acceptors (Lipinski definition) is 4. The monoisotopic (exact) mass is 285 g/mol. The molecule has 0 saturated carbocycles. The molecule has 1 fully saturated rings. The molecular weight excluding hydrogens is 270 g/mol. The van der Waals surface area contributed by atoms with Crippen molar-refractivity contribution in [1.29, 1.82) is 0 Å². The maximum atomic E-state index is 12.4. The van der Waals surface area contributed by atoms with Crippen LogP contribution in [0, 0.1) is 0 Å². The Labute approximate surface area is 121 Å². The van der Waals surface area contributed by atoms with Gasteiger partial charge in [-0.25, -0.2) is 0 Å². The molecule has 3 heterocycles. The van der Waals surface area contributed by atoms with Crippen molar-refractivity contribution in [2.45, 2.75) is 6.10 Å². The van der Waals surface area contributed by atoms with E-state index in [1.807, 2.05) is 18.2 Å². The molecule has 3 rings (SSSR count). The molecule has 21 heavy (non-hydrogen) atoms. The maximum Gasteiger partial charge on any atom is 0.270 e. The van der Waals surface area contributed by atoms with E-state index in [1.54, 1.807) is 23.2 Å². The third kappa shape index (κ3) is 3.00. The van der Waals surface area contributed by atoms with Gasteiger partial charge in [0, 0.05) is 18.8 Å². The average Bonchev–Trinajstić information content (AvgIpc) is 2.55. The topological polar surface area (TPSA) is 75.3 Å². The summed E-state index contributed by atoms with van der Waals surface area (Å²) in [5.41, 5.74) is 0.816. The number of amides is 1. The molecule has 1 amide bonds. The molecule has 2 aromatic rings. The number of carbonyl (C=O) groups is 1. The Morgan fingerprint density at radius 1 is 1.29 bits per heavy atom. The quantitative estimate of drug-likeness (QED) is 0.892. The number of aromatic nitrogens is 2. The van der Waals surface area contributed by atoms with Crippen LogP contribution >= 0.6 is 0 Å². The van der Waals surface area contributed by atoms with Crippen LogP contribution in [0.4, 0.5) is 0 Å². The Balaban J connectivity index is 1.77. The third-order valence-electron chi connectivity index (χ3n) is 3.37. The second-order valence-corrected chi connectivity index (χ2v) is 4.79. The molecular formula is C15H15N3O3. The predicted octanol–water partition coefficient (Wildman–Crippen LogP) is 0.984. The molecule has 2 aromatic heterocycles. The molecule has 1 aliphatic heterocycles. The lowest BCUT2D eigenvalue weighted by molar-refractivity contribution is -0.0249. The smallest absolute Gasteiger partial charge is 0.270 e. The maximum absolute atomic E-state index is 12.4. The van der Waals surface area contributed by atoms with E-state index >= 15 is 0 Å². The third-order valence-corrected chi connectivity index (χ3v) is 3.37. The van der Waals surface area contributed by atoms with Gasteiger partial charge in [0.1, 0.15) is 11.8 Å². The van der Waals surface area contributed by atoms with Crippen LogP contribution in [0.15, 0.2) is 47.4 Å². The minimum Gasteiger partial charge on any atom is -0.368 e. The molecule has 0 radical (unpaired) electrons. The summed E-state index contributed by atoms with van der Waals surface area (Å²) in [5, 5.41) is 0. The SMILES string of the molecule is O=C(c1cccc(=O)[nH]1)N1CCO[C@@H](c2ccccn2)C1. The van der Waals surface area contributed by atoms with Crippen LogP contribution < -0.4 is 5.56 Å². The highest BCUT2D eigenvalue weighted by Crippen LogP contribution is 2.20. The van der Waals surface area contributed by atoms with E-state index < -0.39 is 0 Å². The van der Waals surface area contributed by atoms with Crippen molar-refractivity contribution in [3.63, 3.8) is 0 Å². The van der Waals surface area contributed by atoms with Gasteiger partial charge in [-0.3, -0.25) is 14.6 Å². The zero-order valence-electron chi connectivity index (χ0n) is 11.4. The number of hydrogen-bond donors (Lipinski definition) is 1. The van der Waals surface area contributed by atoms with E-state index in [0.717, 1.165) is 5.69 Å². The van der Waals surface area contributed by atoms with Crippen molar-refractivity contribution in [1.82, 2.24) is 14.9 Å². The minimum atomic E-state index is -0.282. The Morgan fingerprint density at radius 3 is 2.95 bits per heavy atom. The number of carbonyl (C=O) groups excluding carboxylic acids is 1. The molecule has 0 aliphatic carbocycles. The van der Waals surface area contributed by atoms with Crippen LogP contribution in [0.25, 0.3) is 0 Å². The van der Waals surface area contributed by atoms with E-state index in [4.69, 9.17) is 4.74 Å². The van der Waals surface area contributed by atoms with Gasteiger partial charge in [0.05, 0.1) is 18.8 Å². The van der Waals surface area contributed by atoms with Gasteiger partial charge >= 0.3 is 0 Å². The van der Waals surface area contributed by atoms with Crippen molar-refractivity contribution in [3.05, 3.63) is 64.3 Å². The van der Waals surface area contributed by atoms with Crippen molar-refractivity contribution >= 4 is 5.91 Å². The molecule has 1 N–H and O–H groups in total. The highest BCUT2D eigenvalue weighted by molar-refractivity contribution is 5.92. The van der Waals surface area contributed by atoms with Crippen LogP contribution in [-0.2, 0) is 4.74 Å². The average molecular weight is 285 g/mol. The molecule has 0 spiro atoms. The predicted molar refractivity (Wildman–Crippen MR) is 75.9 cm³/mol. The summed E-state index contributed by atoms with van der Waals surface area (Å²) in [6.45, 7) is 1.37. The van der Waals surface area contributed by atoms with Gasteiger partial charge in [-0.15, -0.1) is 0 Å². The van der Waals surface area contributed by atoms with E-state index in [1.165, 1.54) is 6.07 Å². The molecule has 0 bridgehead atoms. The van der Waals surface area contributed by atoms with Gasteiger partial charge in [-0.2, -0.15) is 0 Å². The largest absolute Gasteiger partial charge is 0.368 e. The number of H-pyrrole nitrogens is 1. The zero-order valence-corrected chi connectivity index (χ0v) is 11.4. The fourth-order valence-corrected chi connectivity index (χ4v) is 2.32. The molecule has 6 heteroatoms. The van der Waals surface area contributed by atoms with Gasteiger partial charge in [0.15, 0.2) is 0 Å². The normalized spacial score (nSPS) is 18.5. The second-order valence-electron chi connectivity index (χ2n) is 4.79. The Hall–Kier alpha value is -2.47. The lowest BCUT2D eigenvalue weighted by Crippen LogP contribution is -2.43. The van der Waals surface area contributed by atoms with E-state index in [2.05, 4.69) is 9.97 Å². The molecule has 6 nitrogen and oxygen atoms in total. The molecule has 1 aliphatic rings. The van der Waals surface area contributed by atoms with Gasteiger partial charge < -0.3 is 14.6 Å². The highest BCUT2D eigenvalue weighted by Gasteiger charge is 2.27. The summed E-state index contributed by atoms with van der Waals surface area (Å²) in [5.74, 6) is -0.197. The number of ether oxygens (including phenoxy) is 1. The van der Waals surface area contributed by atoms with Gasteiger partial charge in [0.25, 0.3) is 5.91 Å². The lowest BCUT2D eigenvalue weighted by atomic mass is 10.1. The minimum absolute atomic E-state index is 0.197. The van der Waals surface area contributed by atoms with E-state index in [0.29, 0.717) is 25.4 Å². The molecule has 108 valence electrons. The number of morpholine rings is 1. The van der Waals surface area contributed by atoms with Crippen LogP contribution in [-0.4, -0.2) is 40.5 Å². The summed E-state index contributed by atoms with van der Waals surface area (Å²) in [6, 6.07) is 10.2. The first-order valence-electron chi connectivity index (χ1n) is 6.75. The number of pyridine rings is 2. The first kappa shape index (κ1) is 13.5. The first-order chi connectivity index (χ1) is 10.2. The fraction of sp³-hybridized carbons (Fsp3) is 0.267. The number of nitrogens with one attached hydrogen (secondary N) is 1. The van der Waals surface area contributed by atoms with Gasteiger partial charge in [-0.1, -0.05) is 12.1 Å². The Kier molecular flexibility index (Phi) is 3.79. The molecule has 1 saturated heterocycles. The zero-order chi connectivity index (χ0) is 14.7. The molecule has 1 atom stereocenters. The van der Waals surface area contributed by atoms with E-state index in [9.17, 15) is 9.59 Å². The van der Waals surface area contributed by atoms with Crippen LogP contribution in [0.5, 0.6) is 0 Å². The lowest BCUT2D eigenvalue weighted by Gasteiger charge is -2.32. The van der Waals surface area contributed by atoms with Gasteiger partial charge in [-0.05, 0) is 18.2 Å². The molecule has 0 unspecified atom stereocenters. The standard InChI is InChI=1S/C15H15N3O3/c19-14-6-3-5-12(17-14)15(20)18-8-9-21-13(10-18)11-4-1-2-7-16-11/h1-7,13H,8-10H2,(H,17,19)/t13-/m1/s1. The summed E-state index contributed by atoms with van der Waals surface area (Å²) < 4.78 is 5.68. The van der Waals surface area contributed by atoms with E-state index in [-0.39, 0.29) is 17.6 Å². The van der Waals surface area contributed by atoms with Gasteiger partial charge in [0.2, 0.25) is 5.56 Å². The Bertz CT molecular complexity index is 684. The number of rotatable bonds is 2. The first-order valence-corrected chi connectivity index (χ1v) is 6.75. The number of aromatic amines is 1. The summed E-state index contributed by atoms with van der Waals surface area (Å²) in [6.07, 6.45) is 1.47. The van der Waals surface area contributed by atoms with Crippen LogP contribution in [0.3, 0.4) is 0 Å². The summed E-state index contributed by atoms with van der Waals surface area (Å²) in [7, 11) is 0. The fourth-order valence-electron chi connectivity index (χ4n) is 2.32. The van der Waals surface area contributed by atoms with Crippen LogP contribution in [0.2, 0.25) is 0 Å².